The first-order valence-corrected chi connectivity index (χ1v) is 4.08. The highest BCUT2D eigenvalue weighted by atomic mass is 35.5. The van der Waals surface area contributed by atoms with E-state index in [0.717, 1.165) is 0 Å². The van der Waals surface area contributed by atoms with Gasteiger partial charge in [-0.1, -0.05) is 11.6 Å². The average molecular weight is 207 g/mol. The van der Waals surface area contributed by atoms with Gasteiger partial charge in [0.1, 0.15) is 5.69 Å². The van der Waals surface area contributed by atoms with E-state index in [2.05, 4.69) is 4.98 Å². The number of nitrogens with two attached hydrogens (primary N) is 1. The zero-order chi connectivity index (χ0) is 10.0. The Bertz CT molecular complexity index is 315. The molecule has 0 aliphatic carbocycles. The molecule has 0 saturated carbocycles. The first kappa shape index (κ1) is 10.3. The van der Waals surface area contributed by atoms with Crippen molar-refractivity contribution < 1.29 is 8.78 Å². The molecule has 0 unspecified atom stereocenters. The first-order valence-electron chi connectivity index (χ1n) is 3.70. The van der Waals surface area contributed by atoms with E-state index in [-0.39, 0.29) is 12.2 Å². The van der Waals surface area contributed by atoms with E-state index in [1.165, 1.54) is 6.07 Å². The number of pyridine rings is 1. The van der Waals surface area contributed by atoms with Gasteiger partial charge in [0.2, 0.25) is 0 Å². The molecule has 13 heavy (non-hydrogen) atoms. The molecule has 0 amide bonds. The van der Waals surface area contributed by atoms with Crippen molar-refractivity contribution in [3.05, 3.63) is 28.0 Å². The second-order valence-electron chi connectivity index (χ2n) is 2.63. The van der Waals surface area contributed by atoms with Gasteiger partial charge in [-0.05, 0) is 18.6 Å². The number of alkyl halides is 2. The highest BCUT2D eigenvalue weighted by Gasteiger charge is 2.13. The average Bonchev–Trinajstić information content (AvgIpc) is 2.09. The topological polar surface area (TPSA) is 38.9 Å². The molecule has 0 radical (unpaired) electrons. The standard InChI is InChI=1S/C8H9ClF2N2/c1-4-2-5(8(10)11)13-6(3-12)7(4)9/h2,8H,3,12H2,1H3. The van der Waals surface area contributed by atoms with Crippen molar-refractivity contribution in [3.63, 3.8) is 0 Å². The van der Waals surface area contributed by atoms with Crippen LogP contribution in [-0.2, 0) is 6.54 Å². The number of aromatic nitrogens is 1. The summed E-state index contributed by atoms with van der Waals surface area (Å²) < 4.78 is 24.5. The normalized spacial score (nSPS) is 10.9. The fourth-order valence-corrected chi connectivity index (χ4v) is 1.17. The van der Waals surface area contributed by atoms with E-state index >= 15 is 0 Å². The van der Waals surface area contributed by atoms with Gasteiger partial charge in [-0.2, -0.15) is 0 Å². The largest absolute Gasteiger partial charge is 0.325 e. The van der Waals surface area contributed by atoms with E-state index in [0.29, 0.717) is 16.3 Å². The Morgan fingerprint density at radius 2 is 2.23 bits per heavy atom. The van der Waals surface area contributed by atoms with Crippen LogP contribution >= 0.6 is 11.6 Å². The number of hydrogen-bond acceptors (Lipinski definition) is 2. The molecule has 0 aromatic carbocycles. The van der Waals surface area contributed by atoms with Crippen LogP contribution in [0.2, 0.25) is 5.02 Å². The van der Waals surface area contributed by atoms with Crippen LogP contribution < -0.4 is 5.73 Å². The lowest BCUT2D eigenvalue weighted by molar-refractivity contribution is 0.145. The SMILES string of the molecule is Cc1cc(C(F)F)nc(CN)c1Cl. The summed E-state index contributed by atoms with van der Waals surface area (Å²) in [5, 5.41) is 0.368. The summed E-state index contributed by atoms with van der Waals surface area (Å²) in [5.41, 5.74) is 5.91. The van der Waals surface area contributed by atoms with Gasteiger partial charge in [0.25, 0.3) is 6.43 Å². The fourth-order valence-electron chi connectivity index (χ4n) is 0.997. The van der Waals surface area contributed by atoms with Gasteiger partial charge in [-0.15, -0.1) is 0 Å². The lowest BCUT2D eigenvalue weighted by atomic mass is 10.2. The molecule has 2 N–H and O–H groups in total. The molecular formula is C8H9ClF2N2. The Morgan fingerprint density at radius 3 is 2.69 bits per heavy atom. The van der Waals surface area contributed by atoms with E-state index in [1.807, 2.05) is 0 Å². The zero-order valence-corrected chi connectivity index (χ0v) is 7.78. The number of hydrogen-bond donors (Lipinski definition) is 1. The molecule has 0 bridgehead atoms. The zero-order valence-electron chi connectivity index (χ0n) is 7.02. The van der Waals surface area contributed by atoms with Crippen LogP contribution in [0.15, 0.2) is 6.07 Å². The monoisotopic (exact) mass is 206 g/mol. The molecular weight excluding hydrogens is 198 g/mol. The summed E-state index contributed by atoms with van der Waals surface area (Å²) in [6.45, 7) is 1.72. The second kappa shape index (κ2) is 3.98. The Balaban J connectivity index is 3.22. The maximum atomic E-state index is 12.2. The summed E-state index contributed by atoms with van der Waals surface area (Å²) >= 11 is 5.78. The van der Waals surface area contributed by atoms with E-state index in [1.54, 1.807) is 6.92 Å². The molecule has 0 spiro atoms. The van der Waals surface area contributed by atoms with Crippen LogP contribution in [0.1, 0.15) is 23.4 Å². The van der Waals surface area contributed by atoms with Crippen molar-refractivity contribution in [2.75, 3.05) is 0 Å². The maximum Gasteiger partial charge on any atom is 0.280 e. The van der Waals surface area contributed by atoms with Crippen molar-refractivity contribution in [1.29, 1.82) is 0 Å². The van der Waals surface area contributed by atoms with Crippen molar-refractivity contribution in [2.45, 2.75) is 19.9 Å². The smallest absolute Gasteiger partial charge is 0.280 e. The summed E-state index contributed by atoms with van der Waals surface area (Å²) in [5.74, 6) is 0. The van der Waals surface area contributed by atoms with Crippen molar-refractivity contribution in [2.24, 2.45) is 5.73 Å². The number of halogens is 3. The van der Waals surface area contributed by atoms with Gasteiger partial charge in [0, 0.05) is 6.54 Å². The lowest BCUT2D eigenvalue weighted by Crippen LogP contribution is -2.04. The third-order valence-corrected chi connectivity index (χ3v) is 2.16. The van der Waals surface area contributed by atoms with Gasteiger partial charge < -0.3 is 5.73 Å². The molecule has 0 atom stereocenters. The van der Waals surface area contributed by atoms with Gasteiger partial charge in [-0.3, -0.25) is 0 Å². The quantitative estimate of drug-likeness (QED) is 0.807. The highest BCUT2D eigenvalue weighted by molar-refractivity contribution is 6.31. The summed E-state index contributed by atoms with van der Waals surface area (Å²) in [6, 6.07) is 1.27. The van der Waals surface area contributed by atoms with E-state index in [9.17, 15) is 8.78 Å². The minimum atomic E-state index is -2.58. The predicted molar refractivity (Wildman–Crippen MR) is 46.8 cm³/mol. The minimum absolute atomic E-state index is 0.0697. The van der Waals surface area contributed by atoms with Crippen molar-refractivity contribution in [3.8, 4) is 0 Å². The Hall–Kier alpha value is -0.740. The fraction of sp³-hybridized carbons (Fsp3) is 0.375. The molecule has 2 nitrogen and oxygen atoms in total. The maximum absolute atomic E-state index is 12.2. The van der Waals surface area contributed by atoms with Crippen molar-refractivity contribution in [1.82, 2.24) is 4.98 Å². The number of nitrogens with zero attached hydrogens (tertiary/aromatic N) is 1. The van der Waals surface area contributed by atoms with Gasteiger partial charge >= 0.3 is 0 Å². The molecule has 1 rings (SSSR count). The molecule has 0 fully saturated rings. The molecule has 72 valence electrons. The predicted octanol–water partition coefficient (Wildman–Crippen LogP) is 2.44. The Labute approximate surface area is 79.7 Å². The molecule has 0 aliphatic rings. The summed E-state index contributed by atoms with van der Waals surface area (Å²) in [4.78, 5) is 3.64. The third-order valence-electron chi connectivity index (χ3n) is 1.64. The Kier molecular flexibility index (Phi) is 3.17. The minimum Gasteiger partial charge on any atom is -0.325 e. The van der Waals surface area contributed by atoms with E-state index < -0.39 is 6.43 Å². The highest BCUT2D eigenvalue weighted by Crippen LogP contribution is 2.24. The van der Waals surface area contributed by atoms with Gasteiger partial charge in [0.15, 0.2) is 0 Å². The van der Waals surface area contributed by atoms with Crippen LogP contribution in [0, 0.1) is 6.92 Å². The van der Waals surface area contributed by atoms with Gasteiger partial charge in [0.05, 0.1) is 10.7 Å². The molecule has 1 aromatic heterocycles. The number of rotatable bonds is 2. The first-order chi connectivity index (χ1) is 6.06. The van der Waals surface area contributed by atoms with Gasteiger partial charge in [-0.25, -0.2) is 13.8 Å². The summed E-state index contributed by atoms with van der Waals surface area (Å²) in [6.07, 6.45) is -2.58. The lowest BCUT2D eigenvalue weighted by Gasteiger charge is -2.07. The molecule has 5 heteroatoms. The van der Waals surface area contributed by atoms with E-state index in [4.69, 9.17) is 17.3 Å². The second-order valence-corrected chi connectivity index (χ2v) is 3.01. The van der Waals surface area contributed by atoms with Crippen molar-refractivity contribution >= 4 is 11.6 Å². The van der Waals surface area contributed by atoms with Crippen LogP contribution in [-0.4, -0.2) is 4.98 Å². The van der Waals surface area contributed by atoms with Crippen LogP contribution in [0.4, 0.5) is 8.78 Å². The third kappa shape index (κ3) is 2.14. The Morgan fingerprint density at radius 1 is 1.62 bits per heavy atom. The molecule has 0 aliphatic heterocycles. The number of aryl methyl sites for hydroxylation is 1. The van der Waals surface area contributed by atoms with Crippen LogP contribution in [0.5, 0.6) is 0 Å². The summed E-state index contributed by atoms with van der Waals surface area (Å²) in [7, 11) is 0. The molecule has 0 saturated heterocycles. The molecule has 1 aromatic rings. The van der Waals surface area contributed by atoms with Crippen LogP contribution in [0.25, 0.3) is 0 Å². The van der Waals surface area contributed by atoms with Crippen LogP contribution in [0.3, 0.4) is 0 Å². The molecule has 1 heterocycles.